The van der Waals surface area contributed by atoms with Gasteiger partial charge < -0.3 is 10.4 Å². The Balaban J connectivity index is 2.69. The van der Waals surface area contributed by atoms with Crippen molar-refractivity contribution in [3.63, 3.8) is 0 Å². The number of nitrogens with one attached hydrogen (secondary N) is 1. The number of carboxylic acids is 1. The first-order valence-corrected chi connectivity index (χ1v) is 5.64. The van der Waals surface area contributed by atoms with Gasteiger partial charge in [0.1, 0.15) is 10.9 Å². The van der Waals surface area contributed by atoms with Crippen LogP contribution in [-0.4, -0.2) is 32.6 Å². The second-order valence-corrected chi connectivity index (χ2v) is 4.24. The fourth-order valence-electron chi connectivity index (χ4n) is 1.16. The number of hydrogen-bond donors (Lipinski definition) is 2. The van der Waals surface area contributed by atoms with Gasteiger partial charge in [-0.2, -0.15) is 0 Å². The quantitative estimate of drug-likeness (QED) is 0.796. The van der Waals surface area contributed by atoms with Crippen molar-refractivity contribution in [2.75, 3.05) is 0 Å². The van der Waals surface area contributed by atoms with Crippen LogP contribution in [0, 0.1) is 5.92 Å². The van der Waals surface area contributed by atoms with Gasteiger partial charge in [0.15, 0.2) is 0 Å². The number of amides is 1. The summed E-state index contributed by atoms with van der Waals surface area (Å²) in [6.45, 7) is 3.66. The molecule has 2 N–H and O–H groups in total. The van der Waals surface area contributed by atoms with E-state index in [0.717, 1.165) is 11.5 Å². The highest BCUT2D eigenvalue weighted by Gasteiger charge is 2.26. The molecule has 0 unspecified atom stereocenters. The summed E-state index contributed by atoms with van der Waals surface area (Å²) in [5, 5.41) is 15.0. The molecule has 1 rings (SSSR count). The highest BCUT2D eigenvalue weighted by atomic mass is 32.1. The van der Waals surface area contributed by atoms with Gasteiger partial charge >= 0.3 is 5.97 Å². The van der Waals surface area contributed by atoms with Crippen LogP contribution in [0.1, 0.15) is 29.9 Å². The summed E-state index contributed by atoms with van der Waals surface area (Å²) < 4.78 is 3.54. The van der Waals surface area contributed by atoms with Gasteiger partial charge in [0.2, 0.25) is 0 Å². The molecule has 1 heterocycles. The van der Waals surface area contributed by atoms with Crippen molar-refractivity contribution in [1.82, 2.24) is 14.9 Å². The Morgan fingerprint density at radius 1 is 1.62 bits per heavy atom. The van der Waals surface area contributed by atoms with Gasteiger partial charge in [0, 0.05) is 0 Å². The van der Waals surface area contributed by atoms with E-state index in [9.17, 15) is 9.59 Å². The molecular formula is C9H13N3O3S. The number of nitrogens with zero attached hydrogens (tertiary/aromatic N) is 2. The van der Waals surface area contributed by atoms with Crippen molar-refractivity contribution in [1.29, 1.82) is 0 Å². The van der Waals surface area contributed by atoms with Crippen LogP contribution in [0.5, 0.6) is 0 Å². The minimum absolute atomic E-state index is 0.123. The standard InChI is InChI=1S/C9H13N3O3S/c1-3-5(2)7(9(14)15)11-8(13)6-4-10-12-16-6/h4-5,7H,3H2,1-2H3,(H,11,13)(H,14,15)/t5-,7-/m0/s1. The summed E-state index contributed by atoms with van der Waals surface area (Å²) in [5.74, 6) is -1.59. The molecule has 0 saturated heterocycles. The molecule has 0 radical (unpaired) electrons. The van der Waals surface area contributed by atoms with Crippen LogP contribution in [0.4, 0.5) is 0 Å². The summed E-state index contributed by atoms with van der Waals surface area (Å²) in [5.41, 5.74) is 0. The van der Waals surface area contributed by atoms with Gasteiger partial charge in [-0.15, -0.1) is 5.10 Å². The number of hydrogen-bond acceptors (Lipinski definition) is 5. The number of aliphatic carboxylic acids is 1. The molecule has 6 nitrogen and oxygen atoms in total. The fraction of sp³-hybridized carbons (Fsp3) is 0.556. The highest BCUT2D eigenvalue weighted by Crippen LogP contribution is 2.10. The predicted octanol–water partition coefficient (Wildman–Crippen LogP) is 0.767. The molecule has 0 spiro atoms. The molecule has 0 aromatic carbocycles. The van der Waals surface area contributed by atoms with Crippen LogP contribution < -0.4 is 5.32 Å². The molecule has 0 aliphatic carbocycles. The average Bonchev–Trinajstić information content (AvgIpc) is 2.77. The van der Waals surface area contributed by atoms with E-state index in [0.29, 0.717) is 11.3 Å². The SMILES string of the molecule is CC[C@H](C)[C@H](NC(=O)c1cnns1)C(=O)O. The lowest BCUT2D eigenvalue weighted by molar-refractivity contribution is -0.140. The lowest BCUT2D eigenvalue weighted by atomic mass is 9.99. The van der Waals surface area contributed by atoms with Crippen molar-refractivity contribution in [2.45, 2.75) is 26.3 Å². The highest BCUT2D eigenvalue weighted by molar-refractivity contribution is 7.07. The minimum Gasteiger partial charge on any atom is -0.480 e. The molecule has 0 aliphatic rings. The maximum Gasteiger partial charge on any atom is 0.326 e. The second-order valence-electron chi connectivity index (χ2n) is 3.46. The first-order chi connectivity index (χ1) is 7.56. The molecular weight excluding hydrogens is 230 g/mol. The lowest BCUT2D eigenvalue weighted by Crippen LogP contribution is -2.44. The van der Waals surface area contributed by atoms with Crippen LogP contribution in [0.3, 0.4) is 0 Å². The number of carbonyl (C=O) groups excluding carboxylic acids is 1. The summed E-state index contributed by atoms with van der Waals surface area (Å²) in [6, 6.07) is -0.875. The third-order valence-electron chi connectivity index (χ3n) is 2.35. The van der Waals surface area contributed by atoms with E-state index in [1.54, 1.807) is 6.92 Å². The van der Waals surface area contributed by atoms with Crippen molar-refractivity contribution in [3.8, 4) is 0 Å². The minimum atomic E-state index is -1.03. The molecule has 0 fully saturated rings. The Morgan fingerprint density at radius 2 is 2.31 bits per heavy atom. The van der Waals surface area contributed by atoms with Crippen LogP contribution >= 0.6 is 11.5 Å². The molecule has 1 amide bonds. The smallest absolute Gasteiger partial charge is 0.326 e. The predicted molar refractivity (Wildman–Crippen MR) is 58.3 cm³/mol. The maximum atomic E-state index is 11.6. The van der Waals surface area contributed by atoms with Crippen LogP contribution in [0.25, 0.3) is 0 Å². The van der Waals surface area contributed by atoms with E-state index in [2.05, 4.69) is 14.9 Å². The van der Waals surface area contributed by atoms with E-state index < -0.39 is 17.9 Å². The summed E-state index contributed by atoms with van der Waals surface area (Å²) in [4.78, 5) is 22.9. The van der Waals surface area contributed by atoms with Gasteiger partial charge in [0.05, 0.1) is 6.20 Å². The third kappa shape index (κ3) is 2.99. The molecule has 2 atom stereocenters. The largest absolute Gasteiger partial charge is 0.480 e. The van der Waals surface area contributed by atoms with E-state index in [4.69, 9.17) is 5.11 Å². The summed E-state index contributed by atoms with van der Waals surface area (Å²) in [6.07, 6.45) is 1.99. The van der Waals surface area contributed by atoms with Crippen molar-refractivity contribution < 1.29 is 14.7 Å². The Labute approximate surface area is 96.8 Å². The van der Waals surface area contributed by atoms with E-state index in [1.165, 1.54) is 6.20 Å². The topological polar surface area (TPSA) is 92.2 Å². The Bertz CT molecular complexity index is 366. The molecule has 7 heteroatoms. The number of carboxylic acid groups (broad SMARTS) is 1. The first kappa shape index (κ1) is 12.6. The van der Waals surface area contributed by atoms with Crippen molar-refractivity contribution >= 4 is 23.4 Å². The zero-order chi connectivity index (χ0) is 12.1. The summed E-state index contributed by atoms with van der Waals surface area (Å²) >= 11 is 0.938. The maximum absolute atomic E-state index is 11.6. The molecule has 16 heavy (non-hydrogen) atoms. The van der Waals surface area contributed by atoms with Crippen molar-refractivity contribution in [2.24, 2.45) is 5.92 Å². The Hall–Kier alpha value is -1.50. The molecule has 88 valence electrons. The van der Waals surface area contributed by atoms with E-state index in [-0.39, 0.29) is 5.92 Å². The molecule has 0 bridgehead atoms. The number of rotatable bonds is 5. The molecule has 1 aromatic heterocycles. The molecule has 1 aromatic rings. The molecule has 0 saturated carbocycles. The first-order valence-electron chi connectivity index (χ1n) is 4.87. The van der Waals surface area contributed by atoms with Gasteiger partial charge in [-0.3, -0.25) is 4.79 Å². The van der Waals surface area contributed by atoms with E-state index >= 15 is 0 Å². The second kappa shape index (κ2) is 5.55. The normalized spacial score (nSPS) is 14.1. The average molecular weight is 243 g/mol. The lowest BCUT2D eigenvalue weighted by Gasteiger charge is -2.19. The Morgan fingerprint density at radius 3 is 2.75 bits per heavy atom. The number of aromatic nitrogens is 2. The summed E-state index contributed by atoms with van der Waals surface area (Å²) in [7, 11) is 0. The van der Waals surface area contributed by atoms with Crippen LogP contribution in [0.15, 0.2) is 6.20 Å². The van der Waals surface area contributed by atoms with Gasteiger partial charge in [-0.1, -0.05) is 24.8 Å². The zero-order valence-electron chi connectivity index (χ0n) is 9.01. The number of carbonyl (C=O) groups is 2. The zero-order valence-corrected chi connectivity index (χ0v) is 9.82. The molecule has 0 aliphatic heterocycles. The third-order valence-corrected chi connectivity index (χ3v) is 3.01. The van der Waals surface area contributed by atoms with Crippen molar-refractivity contribution in [3.05, 3.63) is 11.1 Å². The monoisotopic (exact) mass is 243 g/mol. The van der Waals surface area contributed by atoms with E-state index in [1.807, 2.05) is 6.92 Å². The van der Waals surface area contributed by atoms with Gasteiger partial charge in [0.25, 0.3) is 5.91 Å². The van der Waals surface area contributed by atoms with Crippen LogP contribution in [-0.2, 0) is 4.79 Å². The Kier molecular flexibility index (Phi) is 4.36. The van der Waals surface area contributed by atoms with Gasteiger partial charge in [-0.25, -0.2) is 4.79 Å². The van der Waals surface area contributed by atoms with Crippen LogP contribution in [0.2, 0.25) is 0 Å². The fourth-order valence-corrected chi connectivity index (χ4v) is 1.58. The van der Waals surface area contributed by atoms with Gasteiger partial charge in [-0.05, 0) is 17.5 Å².